The quantitative estimate of drug-likeness (QED) is 0.809. The average molecular weight is 286 g/mol. The van der Waals surface area contributed by atoms with Crippen LogP contribution in [0.3, 0.4) is 0 Å². The molecule has 1 fully saturated rings. The molecule has 0 heterocycles. The molecule has 1 aliphatic rings. The number of carboxylic acid groups (broad SMARTS) is 1. The molecule has 2 nitrogen and oxygen atoms in total. The molecule has 0 spiro atoms. The predicted molar refractivity (Wildman–Crippen MR) is 50.4 cm³/mol. The fourth-order valence-electron chi connectivity index (χ4n) is 1.47. The molecule has 1 rings (SSSR count). The van der Waals surface area contributed by atoms with Crippen molar-refractivity contribution < 1.29 is 9.90 Å². The summed E-state index contributed by atoms with van der Waals surface area (Å²) in [5.74, 6) is -0.684. The summed E-state index contributed by atoms with van der Waals surface area (Å²) in [6.07, 6.45) is 1.43. The van der Waals surface area contributed by atoms with Crippen LogP contribution < -0.4 is 0 Å². The van der Waals surface area contributed by atoms with Gasteiger partial charge >= 0.3 is 5.97 Å². The number of alkyl halides is 2. The SMILES string of the molecule is CC[C@@]1(C(=O)O)C[C@@]1(Br)CBr. The molecule has 0 radical (unpaired) electrons. The van der Waals surface area contributed by atoms with Crippen LogP contribution in [-0.2, 0) is 4.79 Å². The van der Waals surface area contributed by atoms with Crippen LogP contribution in [0.25, 0.3) is 0 Å². The Bertz CT molecular complexity index is 195. The van der Waals surface area contributed by atoms with Gasteiger partial charge in [0.25, 0.3) is 0 Å². The van der Waals surface area contributed by atoms with Crippen molar-refractivity contribution in [3.8, 4) is 0 Å². The molecule has 11 heavy (non-hydrogen) atoms. The normalized spacial score (nSPS) is 42.1. The second kappa shape index (κ2) is 2.73. The summed E-state index contributed by atoms with van der Waals surface area (Å²) in [6, 6.07) is 0. The van der Waals surface area contributed by atoms with Gasteiger partial charge in [0.05, 0.1) is 9.74 Å². The van der Waals surface area contributed by atoms with E-state index < -0.39 is 11.4 Å². The van der Waals surface area contributed by atoms with Gasteiger partial charge in [0.15, 0.2) is 0 Å². The van der Waals surface area contributed by atoms with Crippen LogP contribution in [0.1, 0.15) is 19.8 Å². The molecule has 4 heteroatoms. The van der Waals surface area contributed by atoms with Gasteiger partial charge < -0.3 is 5.11 Å². The maximum absolute atomic E-state index is 10.8. The maximum Gasteiger partial charge on any atom is 0.311 e. The Morgan fingerprint density at radius 1 is 1.73 bits per heavy atom. The highest BCUT2D eigenvalue weighted by Gasteiger charge is 2.69. The van der Waals surface area contributed by atoms with E-state index in [1.54, 1.807) is 0 Å². The number of carboxylic acids is 1. The van der Waals surface area contributed by atoms with Gasteiger partial charge in [0.1, 0.15) is 0 Å². The first-order valence-electron chi connectivity index (χ1n) is 3.51. The second-order valence-electron chi connectivity index (χ2n) is 3.02. The molecule has 64 valence electrons. The van der Waals surface area contributed by atoms with Gasteiger partial charge in [0, 0.05) is 5.33 Å². The molecule has 0 amide bonds. The van der Waals surface area contributed by atoms with Crippen LogP contribution in [0.2, 0.25) is 0 Å². The zero-order chi connectivity index (χ0) is 8.70. The van der Waals surface area contributed by atoms with Gasteiger partial charge in [-0.3, -0.25) is 4.79 Å². The lowest BCUT2D eigenvalue weighted by Crippen LogP contribution is -2.24. The molecule has 1 saturated carbocycles. The molecule has 0 aromatic carbocycles. The summed E-state index contributed by atoms with van der Waals surface area (Å²) in [5.41, 5.74) is -0.517. The van der Waals surface area contributed by atoms with E-state index in [4.69, 9.17) is 5.11 Å². The summed E-state index contributed by atoms with van der Waals surface area (Å²) in [4.78, 5) is 10.8. The molecule has 0 aliphatic heterocycles. The predicted octanol–water partition coefficient (Wildman–Crippen LogP) is 2.40. The van der Waals surface area contributed by atoms with Crippen molar-refractivity contribution in [1.29, 1.82) is 0 Å². The molecule has 2 atom stereocenters. The maximum atomic E-state index is 10.8. The van der Waals surface area contributed by atoms with Gasteiger partial charge in [-0.2, -0.15) is 0 Å². The number of carbonyl (C=O) groups is 1. The Labute approximate surface area is 82.6 Å². The van der Waals surface area contributed by atoms with Crippen molar-refractivity contribution >= 4 is 37.8 Å². The number of aliphatic carboxylic acids is 1. The van der Waals surface area contributed by atoms with Crippen LogP contribution in [0.4, 0.5) is 0 Å². The highest BCUT2D eigenvalue weighted by molar-refractivity contribution is 9.12. The molecule has 0 aromatic rings. The zero-order valence-corrected chi connectivity index (χ0v) is 9.40. The number of hydrogen-bond donors (Lipinski definition) is 1. The van der Waals surface area contributed by atoms with E-state index in [1.807, 2.05) is 6.92 Å². The fraction of sp³-hybridized carbons (Fsp3) is 0.857. The molecule has 1 aliphatic carbocycles. The van der Waals surface area contributed by atoms with Crippen LogP contribution >= 0.6 is 31.9 Å². The third-order valence-electron chi connectivity index (χ3n) is 2.54. The van der Waals surface area contributed by atoms with E-state index in [-0.39, 0.29) is 4.32 Å². The van der Waals surface area contributed by atoms with E-state index in [0.717, 1.165) is 6.42 Å². The lowest BCUT2D eigenvalue weighted by atomic mass is 10.0. The van der Waals surface area contributed by atoms with Gasteiger partial charge in [-0.1, -0.05) is 38.8 Å². The first-order chi connectivity index (χ1) is 5.02. The Kier molecular flexibility index (Phi) is 2.36. The van der Waals surface area contributed by atoms with E-state index in [1.165, 1.54) is 0 Å². The zero-order valence-electron chi connectivity index (χ0n) is 6.23. The first kappa shape index (κ1) is 9.52. The van der Waals surface area contributed by atoms with Gasteiger partial charge in [0.2, 0.25) is 0 Å². The van der Waals surface area contributed by atoms with Crippen molar-refractivity contribution in [3.05, 3.63) is 0 Å². The van der Waals surface area contributed by atoms with E-state index in [2.05, 4.69) is 31.9 Å². The van der Waals surface area contributed by atoms with Crippen LogP contribution in [0.15, 0.2) is 0 Å². The average Bonchev–Trinajstić information content (AvgIpc) is 2.59. The second-order valence-corrected chi connectivity index (χ2v) is 5.10. The van der Waals surface area contributed by atoms with Gasteiger partial charge in [-0.25, -0.2) is 0 Å². The lowest BCUT2D eigenvalue weighted by molar-refractivity contribution is -0.143. The van der Waals surface area contributed by atoms with Crippen molar-refractivity contribution in [2.75, 3.05) is 5.33 Å². The monoisotopic (exact) mass is 284 g/mol. The van der Waals surface area contributed by atoms with Crippen LogP contribution in [-0.4, -0.2) is 20.7 Å². The Hall–Kier alpha value is 0.430. The third kappa shape index (κ3) is 1.15. The van der Waals surface area contributed by atoms with Crippen molar-refractivity contribution in [1.82, 2.24) is 0 Å². The summed E-state index contributed by atoms with van der Waals surface area (Å²) < 4.78 is -0.194. The molecular weight excluding hydrogens is 276 g/mol. The Morgan fingerprint density at radius 2 is 2.27 bits per heavy atom. The van der Waals surface area contributed by atoms with Gasteiger partial charge in [-0.15, -0.1) is 0 Å². The molecule has 0 aromatic heterocycles. The highest BCUT2D eigenvalue weighted by Crippen LogP contribution is 2.65. The topological polar surface area (TPSA) is 37.3 Å². The van der Waals surface area contributed by atoms with E-state index in [0.29, 0.717) is 11.8 Å². The van der Waals surface area contributed by atoms with Crippen LogP contribution in [0.5, 0.6) is 0 Å². The summed E-state index contributed by atoms with van der Waals surface area (Å²) >= 11 is 6.75. The number of hydrogen-bond acceptors (Lipinski definition) is 1. The molecule has 0 unspecified atom stereocenters. The largest absolute Gasteiger partial charge is 0.481 e. The van der Waals surface area contributed by atoms with E-state index in [9.17, 15) is 4.79 Å². The minimum atomic E-state index is -0.684. The van der Waals surface area contributed by atoms with Crippen molar-refractivity contribution in [2.24, 2.45) is 5.41 Å². The van der Waals surface area contributed by atoms with Gasteiger partial charge in [-0.05, 0) is 12.8 Å². The Balaban J connectivity index is 2.78. The first-order valence-corrected chi connectivity index (χ1v) is 5.42. The molecule has 1 N–H and O–H groups in total. The lowest BCUT2D eigenvalue weighted by Gasteiger charge is -2.12. The third-order valence-corrected chi connectivity index (χ3v) is 5.57. The van der Waals surface area contributed by atoms with E-state index >= 15 is 0 Å². The fourth-order valence-corrected chi connectivity index (χ4v) is 3.13. The standard InChI is InChI=1S/C7H10Br2O2/c1-2-6(5(10)11)3-7(6,9)4-8/h2-4H2,1H3,(H,10,11)/t6-,7+/m0/s1. The summed E-state index contributed by atoms with van der Waals surface area (Å²) in [6.45, 7) is 1.92. The molecule has 0 bridgehead atoms. The minimum Gasteiger partial charge on any atom is -0.481 e. The minimum absolute atomic E-state index is 0.194. The summed E-state index contributed by atoms with van der Waals surface area (Å²) in [7, 11) is 0. The smallest absolute Gasteiger partial charge is 0.311 e. The Morgan fingerprint density at radius 3 is 2.36 bits per heavy atom. The molecular formula is C7H10Br2O2. The van der Waals surface area contributed by atoms with Crippen molar-refractivity contribution in [2.45, 2.75) is 24.1 Å². The number of halogens is 2. The van der Waals surface area contributed by atoms with Crippen LogP contribution in [0, 0.1) is 5.41 Å². The highest BCUT2D eigenvalue weighted by atomic mass is 79.9. The van der Waals surface area contributed by atoms with Crippen molar-refractivity contribution in [3.63, 3.8) is 0 Å². The summed E-state index contributed by atoms with van der Waals surface area (Å²) in [5, 5.41) is 9.63. The number of rotatable bonds is 3. The molecule has 0 saturated heterocycles.